The minimum Gasteiger partial charge on any atom is -0.481 e. The van der Waals surface area contributed by atoms with E-state index in [0.29, 0.717) is 12.5 Å². The molecule has 0 saturated carbocycles. The van der Waals surface area contributed by atoms with Crippen molar-refractivity contribution in [1.29, 1.82) is 0 Å². The Labute approximate surface area is 120 Å². The van der Waals surface area contributed by atoms with Gasteiger partial charge in [0.05, 0.1) is 10.9 Å². The zero-order valence-electron chi connectivity index (χ0n) is 12.9. The molecule has 0 saturated heterocycles. The van der Waals surface area contributed by atoms with E-state index in [1.807, 2.05) is 12.1 Å². The molecule has 2 aromatic rings. The Balaban J connectivity index is 2.62. The van der Waals surface area contributed by atoms with E-state index >= 15 is 0 Å². The number of fused-ring (bicyclic) bond motifs is 1. The van der Waals surface area contributed by atoms with Crippen LogP contribution in [-0.4, -0.2) is 15.6 Å². The van der Waals surface area contributed by atoms with Crippen LogP contribution in [0.2, 0.25) is 0 Å². The van der Waals surface area contributed by atoms with Crippen molar-refractivity contribution in [2.75, 3.05) is 0 Å². The fourth-order valence-corrected chi connectivity index (χ4v) is 2.66. The molecule has 1 N–H and O–H groups in total. The van der Waals surface area contributed by atoms with Crippen LogP contribution in [0.3, 0.4) is 0 Å². The average Bonchev–Trinajstić information content (AvgIpc) is 2.68. The lowest BCUT2D eigenvalue weighted by atomic mass is 9.85. The number of benzene rings is 1. The van der Waals surface area contributed by atoms with E-state index in [9.17, 15) is 9.90 Å². The van der Waals surface area contributed by atoms with E-state index in [0.717, 1.165) is 5.56 Å². The van der Waals surface area contributed by atoms with Gasteiger partial charge >= 0.3 is 5.97 Å². The van der Waals surface area contributed by atoms with Gasteiger partial charge in [0.15, 0.2) is 0 Å². The molecule has 3 nitrogen and oxygen atoms in total. The smallest absolute Gasteiger partial charge is 0.309 e. The number of hydrogen-bond donors (Lipinski definition) is 1. The molecule has 0 atom stereocenters. The second-order valence-corrected chi connectivity index (χ2v) is 6.49. The molecule has 0 unspecified atom stereocenters. The summed E-state index contributed by atoms with van der Waals surface area (Å²) in [5, 5.41) is 10.6. The molecule has 0 aliphatic heterocycles. The Morgan fingerprint density at radius 3 is 2.55 bits per heavy atom. The van der Waals surface area contributed by atoms with Crippen molar-refractivity contribution in [3.8, 4) is 0 Å². The van der Waals surface area contributed by atoms with E-state index in [1.165, 1.54) is 16.5 Å². The summed E-state index contributed by atoms with van der Waals surface area (Å²) in [6, 6.07) is 6.54. The summed E-state index contributed by atoms with van der Waals surface area (Å²) < 4.78 is 2.25. The number of aromatic nitrogens is 1. The highest BCUT2D eigenvalue weighted by Crippen LogP contribution is 2.31. The number of nitrogens with zero attached hydrogens (tertiary/aromatic N) is 1. The summed E-state index contributed by atoms with van der Waals surface area (Å²) in [7, 11) is 0. The van der Waals surface area contributed by atoms with Gasteiger partial charge in [0.25, 0.3) is 0 Å². The van der Waals surface area contributed by atoms with Gasteiger partial charge in [0.2, 0.25) is 0 Å². The van der Waals surface area contributed by atoms with Crippen LogP contribution in [0.15, 0.2) is 24.4 Å². The first-order valence-electron chi connectivity index (χ1n) is 7.06. The zero-order valence-corrected chi connectivity index (χ0v) is 12.9. The van der Waals surface area contributed by atoms with E-state index in [2.05, 4.69) is 37.6 Å². The van der Waals surface area contributed by atoms with Gasteiger partial charge in [-0.2, -0.15) is 0 Å². The second-order valence-electron chi connectivity index (χ2n) is 6.49. The number of para-hydroxylation sites is 1. The molecule has 0 fully saturated rings. The van der Waals surface area contributed by atoms with Crippen LogP contribution in [0.25, 0.3) is 10.9 Å². The summed E-state index contributed by atoms with van der Waals surface area (Å²) in [6.45, 7) is 9.97. The van der Waals surface area contributed by atoms with Crippen molar-refractivity contribution in [1.82, 2.24) is 4.57 Å². The molecule has 0 spiro atoms. The molecule has 108 valence electrons. The number of carboxylic acids is 1. The van der Waals surface area contributed by atoms with Crippen molar-refractivity contribution < 1.29 is 9.90 Å². The monoisotopic (exact) mass is 273 g/mol. The van der Waals surface area contributed by atoms with Crippen LogP contribution in [0.4, 0.5) is 0 Å². The number of aliphatic carboxylic acids is 1. The summed E-state index contributed by atoms with van der Waals surface area (Å²) in [5.41, 5.74) is 2.77. The third-order valence-electron chi connectivity index (χ3n) is 3.90. The lowest BCUT2D eigenvalue weighted by Gasteiger charge is -2.21. The van der Waals surface area contributed by atoms with Gasteiger partial charge in [-0.3, -0.25) is 4.79 Å². The fourth-order valence-electron chi connectivity index (χ4n) is 2.66. The van der Waals surface area contributed by atoms with E-state index in [-0.39, 0.29) is 0 Å². The molecule has 0 aliphatic carbocycles. The van der Waals surface area contributed by atoms with Gasteiger partial charge < -0.3 is 9.67 Å². The number of rotatable bonds is 4. The van der Waals surface area contributed by atoms with Crippen LogP contribution in [-0.2, 0) is 11.2 Å². The highest BCUT2D eigenvalue weighted by Gasteiger charge is 2.28. The Morgan fingerprint density at radius 2 is 2.00 bits per heavy atom. The fraction of sp³-hybridized carbons (Fsp3) is 0.471. The predicted molar refractivity (Wildman–Crippen MR) is 82.2 cm³/mol. The molecule has 0 amide bonds. The standard InChI is InChI=1S/C17H23NO2/c1-11(2)18-10-12(3)14-8-6-7-13(15(14)18)9-17(4,5)16(19)20/h6-8,10-11H,9H2,1-5H3,(H,19,20). The maximum Gasteiger partial charge on any atom is 0.309 e. The SMILES string of the molecule is Cc1cn(C(C)C)c2c(CC(C)(C)C(=O)O)cccc12. The molecular formula is C17H23NO2. The molecule has 20 heavy (non-hydrogen) atoms. The van der Waals surface area contributed by atoms with Crippen LogP contribution >= 0.6 is 0 Å². The molecule has 2 rings (SSSR count). The minimum atomic E-state index is -0.756. The largest absolute Gasteiger partial charge is 0.481 e. The third-order valence-corrected chi connectivity index (χ3v) is 3.90. The van der Waals surface area contributed by atoms with Crippen molar-refractivity contribution >= 4 is 16.9 Å². The summed E-state index contributed by atoms with van der Waals surface area (Å²) in [6.07, 6.45) is 2.70. The molecule has 1 heterocycles. The quantitative estimate of drug-likeness (QED) is 0.907. The zero-order chi connectivity index (χ0) is 15.1. The maximum absolute atomic E-state index is 11.4. The molecule has 3 heteroatoms. The number of hydrogen-bond acceptors (Lipinski definition) is 1. The van der Waals surface area contributed by atoms with Gasteiger partial charge in [0.1, 0.15) is 0 Å². The number of carbonyl (C=O) groups is 1. The van der Waals surface area contributed by atoms with Gasteiger partial charge in [-0.25, -0.2) is 0 Å². The Hall–Kier alpha value is -1.77. The molecular weight excluding hydrogens is 250 g/mol. The summed E-state index contributed by atoms with van der Waals surface area (Å²) in [4.78, 5) is 11.4. The number of aryl methyl sites for hydroxylation is 1. The second kappa shape index (κ2) is 4.97. The van der Waals surface area contributed by atoms with E-state index in [1.54, 1.807) is 13.8 Å². The molecule has 0 bridgehead atoms. The summed E-state index contributed by atoms with van der Waals surface area (Å²) >= 11 is 0. The van der Waals surface area contributed by atoms with Crippen LogP contribution in [0.5, 0.6) is 0 Å². The lowest BCUT2D eigenvalue weighted by Crippen LogP contribution is -2.26. The van der Waals surface area contributed by atoms with Gasteiger partial charge in [-0.15, -0.1) is 0 Å². The first-order chi connectivity index (χ1) is 9.24. The topological polar surface area (TPSA) is 42.2 Å². The Morgan fingerprint density at radius 1 is 1.35 bits per heavy atom. The number of carboxylic acid groups (broad SMARTS) is 1. The molecule has 0 aliphatic rings. The normalized spacial score (nSPS) is 12.3. The molecule has 0 radical (unpaired) electrons. The van der Waals surface area contributed by atoms with Crippen molar-refractivity contribution in [2.24, 2.45) is 5.41 Å². The Kier molecular flexibility index (Phi) is 3.63. The first-order valence-corrected chi connectivity index (χ1v) is 7.06. The molecule has 1 aromatic carbocycles. The minimum absolute atomic E-state index is 0.361. The summed E-state index contributed by atoms with van der Waals surface area (Å²) in [5.74, 6) is -0.756. The Bertz CT molecular complexity index is 650. The van der Waals surface area contributed by atoms with E-state index < -0.39 is 11.4 Å². The predicted octanol–water partition coefficient (Wildman–Crippen LogP) is 4.18. The first kappa shape index (κ1) is 14.6. The van der Waals surface area contributed by atoms with Crippen molar-refractivity contribution in [3.05, 3.63) is 35.5 Å². The average molecular weight is 273 g/mol. The highest BCUT2D eigenvalue weighted by atomic mass is 16.4. The maximum atomic E-state index is 11.4. The van der Waals surface area contributed by atoms with Crippen molar-refractivity contribution in [2.45, 2.75) is 47.1 Å². The van der Waals surface area contributed by atoms with Crippen LogP contribution in [0.1, 0.15) is 44.9 Å². The van der Waals surface area contributed by atoms with Gasteiger partial charge in [-0.1, -0.05) is 18.2 Å². The van der Waals surface area contributed by atoms with Gasteiger partial charge in [0, 0.05) is 17.6 Å². The third kappa shape index (κ3) is 2.45. The van der Waals surface area contributed by atoms with Crippen LogP contribution < -0.4 is 0 Å². The van der Waals surface area contributed by atoms with Crippen molar-refractivity contribution in [3.63, 3.8) is 0 Å². The highest BCUT2D eigenvalue weighted by molar-refractivity contribution is 5.87. The van der Waals surface area contributed by atoms with Crippen LogP contribution in [0, 0.1) is 12.3 Å². The van der Waals surface area contributed by atoms with E-state index in [4.69, 9.17) is 0 Å². The molecule has 1 aromatic heterocycles. The lowest BCUT2D eigenvalue weighted by molar-refractivity contribution is -0.146. The van der Waals surface area contributed by atoms with Gasteiger partial charge in [-0.05, 0) is 52.2 Å².